The van der Waals surface area contributed by atoms with Gasteiger partial charge in [0.2, 0.25) is 0 Å². The number of halogens is 1. The van der Waals surface area contributed by atoms with Crippen LogP contribution in [-0.4, -0.2) is 17.4 Å². The molecule has 0 bridgehead atoms. The van der Waals surface area contributed by atoms with Crippen LogP contribution in [0.1, 0.15) is 30.1 Å². The van der Waals surface area contributed by atoms with Gasteiger partial charge < -0.3 is 4.90 Å². The maximum absolute atomic E-state index is 12.4. The molecule has 1 rings (SSSR count). The Bertz CT molecular complexity index is 454. The first kappa shape index (κ1) is 15.0. The van der Waals surface area contributed by atoms with E-state index in [1.807, 2.05) is 37.3 Å². The predicted molar refractivity (Wildman–Crippen MR) is 84.4 cm³/mol. The van der Waals surface area contributed by atoms with Crippen molar-refractivity contribution in [1.82, 2.24) is 4.90 Å². The summed E-state index contributed by atoms with van der Waals surface area (Å²) < 4.78 is 0.968. The standard InChI is InChI=1S/C15H18INO/c1-4-5-8-11-17(12(2)3)15(18)13-9-6-7-10-14(13)16/h4,6-7,9-10H,1-2,5,8,11H2,3H3. The summed E-state index contributed by atoms with van der Waals surface area (Å²) in [7, 11) is 0. The summed E-state index contributed by atoms with van der Waals surface area (Å²) in [5.74, 6) is 0.0246. The zero-order chi connectivity index (χ0) is 13.5. The number of unbranched alkanes of at least 4 members (excludes halogenated alkanes) is 1. The van der Waals surface area contributed by atoms with E-state index in [0.717, 1.165) is 27.7 Å². The van der Waals surface area contributed by atoms with Crippen LogP contribution >= 0.6 is 22.6 Å². The molecule has 0 atom stereocenters. The molecule has 0 aliphatic heterocycles. The number of carbonyl (C=O) groups is 1. The Labute approximate surface area is 123 Å². The van der Waals surface area contributed by atoms with E-state index in [9.17, 15) is 4.79 Å². The van der Waals surface area contributed by atoms with E-state index in [1.165, 1.54) is 0 Å². The normalized spacial score (nSPS) is 9.89. The van der Waals surface area contributed by atoms with Crippen molar-refractivity contribution < 1.29 is 4.79 Å². The van der Waals surface area contributed by atoms with Crippen LogP contribution in [0.2, 0.25) is 0 Å². The molecule has 1 aromatic rings. The summed E-state index contributed by atoms with van der Waals surface area (Å²) in [5, 5.41) is 0. The van der Waals surface area contributed by atoms with Gasteiger partial charge in [-0.1, -0.05) is 24.8 Å². The zero-order valence-electron chi connectivity index (χ0n) is 10.7. The second kappa shape index (κ2) is 7.36. The highest BCUT2D eigenvalue weighted by atomic mass is 127. The van der Waals surface area contributed by atoms with Gasteiger partial charge >= 0.3 is 0 Å². The Morgan fingerprint density at radius 2 is 2.11 bits per heavy atom. The van der Waals surface area contributed by atoms with Gasteiger partial charge in [-0.15, -0.1) is 6.58 Å². The summed E-state index contributed by atoms with van der Waals surface area (Å²) >= 11 is 2.18. The Hall–Kier alpha value is -1.10. The minimum atomic E-state index is 0.0246. The quantitative estimate of drug-likeness (QED) is 0.425. The van der Waals surface area contributed by atoms with E-state index in [-0.39, 0.29) is 5.91 Å². The van der Waals surface area contributed by atoms with E-state index >= 15 is 0 Å². The van der Waals surface area contributed by atoms with Crippen LogP contribution in [0.3, 0.4) is 0 Å². The third kappa shape index (κ3) is 3.98. The lowest BCUT2D eigenvalue weighted by Crippen LogP contribution is -2.30. The Balaban J connectivity index is 2.86. The minimum absolute atomic E-state index is 0.0246. The fourth-order valence-corrected chi connectivity index (χ4v) is 2.26. The van der Waals surface area contributed by atoms with Gasteiger partial charge in [0, 0.05) is 15.8 Å². The summed E-state index contributed by atoms with van der Waals surface area (Å²) in [5.41, 5.74) is 1.52. The fourth-order valence-electron chi connectivity index (χ4n) is 1.64. The Morgan fingerprint density at radius 3 is 2.67 bits per heavy atom. The van der Waals surface area contributed by atoms with Crippen LogP contribution in [0.5, 0.6) is 0 Å². The largest absolute Gasteiger partial charge is 0.313 e. The van der Waals surface area contributed by atoms with Gasteiger partial charge in [-0.2, -0.15) is 0 Å². The molecule has 0 aromatic heterocycles. The lowest BCUT2D eigenvalue weighted by molar-refractivity contribution is 0.0804. The topological polar surface area (TPSA) is 20.3 Å². The van der Waals surface area contributed by atoms with E-state index < -0.39 is 0 Å². The van der Waals surface area contributed by atoms with Crippen molar-refractivity contribution in [3.8, 4) is 0 Å². The highest BCUT2D eigenvalue weighted by Crippen LogP contribution is 2.16. The summed E-state index contributed by atoms with van der Waals surface area (Å²) in [6, 6.07) is 7.61. The highest BCUT2D eigenvalue weighted by Gasteiger charge is 2.17. The number of rotatable bonds is 6. The molecule has 0 heterocycles. The number of carbonyl (C=O) groups excluding carboxylic acids is 1. The Morgan fingerprint density at radius 1 is 1.44 bits per heavy atom. The average Bonchev–Trinajstić information content (AvgIpc) is 2.34. The highest BCUT2D eigenvalue weighted by molar-refractivity contribution is 14.1. The predicted octanol–water partition coefficient (Wildman–Crippen LogP) is 4.23. The van der Waals surface area contributed by atoms with Gasteiger partial charge in [0.15, 0.2) is 0 Å². The Kier molecular flexibility index (Phi) is 6.12. The average molecular weight is 355 g/mol. The molecule has 1 aromatic carbocycles. The summed E-state index contributed by atoms with van der Waals surface area (Å²) in [6.07, 6.45) is 3.68. The molecule has 0 radical (unpaired) electrons. The van der Waals surface area contributed by atoms with E-state index in [4.69, 9.17) is 0 Å². The molecular formula is C15H18INO. The van der Waals surface area contributed by atoms with Gasteiger partial charge in [0.1, 0.15) is 0 Å². The lowest BCUT2D eigenvalue weighted by atomic mass is 10.2. The molecule has 0 saturated heterocycles. The SMILES string of the molecule is C=CCCCN(C(=C)C)C(=O)c1ccccc1I. The number of nitrogens with zero attached hydrogens (tertiary/aromatic N) is 1. The first-order chi connectivity index (χ1) is 8.57. The lowest BCUT2D eigenvalue weighted by Gasteiger charge is -2.23. The van der Waals surface area contributed by atoms with Crippen LogP contribution < -0.4 is 0 Å². The molecule has 1 amide bonds. The second-order valence-corrected chi connectivity index (χ2v) is 5.27. The molecule has 0 N–H and O–H groups in total. The van der Waals surface area contributed by atoms with E-state index in [1.54, 1.807) is 4.90 Å². The molecule has 18 heavy (non-hydrogen) atoms. The van der Waals surface area contributed by atoms with Crippen LogP contribution in [0.4, 0.5) is 0 Å². The molecule has 3 heteroatoms. The zero-order valence-corrected chi connectivity index (χ0v) is 12.8. The number of amides is 1. The van der Waals surface area contributed by atoms with Crippen molar-refractivity contribution in [2.75, 3.05) is 6.54 Å². The van der Waals surface area contributed by atoms with Crippen LogP contribution in [-0.2, 0) is 0 Å². The first-order valence-corrected chi connectivity index (χ1v) is 6.98. The van der Waals surface area contributed by atoms with Gasteiger partial charge in [-0.25, -0.2) is 0 Å². The molecule has 0 aliphatic rings. The summed E-state index contributed by atoms with van der Waals surface area (Å²) in [6.45, 7) is 10.1. The smallest absolute Gasteiger partial charge is 0.259 e. The van der Waals surface area contributed by atoms with Crippen molar-refractivity contribution in [2.24, 2.45) is 0 Å². The fraction of sp³-hybridized carbons (Fsp3) is 0.267. The minimum Gasteiger partial charge on any atom is -0.313 e. The van der Waals surface area contributed by atoms with Gasteiger partial charge in [0.25, 0.3) is 5.91 Å². The van der Waals surface area contributed by atoms with E-state index in [2.05, 4.69) is 35.7 Å². The van der Waals surface area contributed by atoms with Crippen LogP contribution in [0, 0.1) is 3.57 Å². The number of hydrogen-bond donors (Lipinski definition) is 0. The number of hydrogen-bond acceptors (Lipinski definition) is 1. The molecule has 0 aliphatic carbocycles. The maximum Gasteiger partial charge on any atom is 0.259 e. The first-order valence-electron chi connectivity index (χ1n) is 5.90. The third-order valence-corrected chi connectivity index (χ3v) is 3.54. The van der Waals surface area contributed by atoms with Crippen LogP contribution in [0.15, 0.2) is 49.2 Å². The summed E-state index contributed by atoms with van der Waals surface area (Å²) in [4.78, 5) is 14.2. The van der Waals surface area contributed by atoms with Gasteiger partial charge in [0.05, 0.1) is 5.56 Å². The van der Waals surface area contributed by atoms with Crippen LogP contribution in [0.25, 0.3) is 0 Å². The van der Waals surface area contributed by atoms with E-state index in [0.29, 0.717) is 6.54 Å². The third-order valence-electron chi connectivity index (χ3n) is 2.60. The van der Waals surface area contributed by atoms with Crippen molar-refractivity contribution in [3.05, 3.63) is 58.3 Å². The molecule has 0 spiro atoms. The molecule has 2 nitrogen and oxygen atoms in total. The molecule has 0 fully saturated rings. The van der Waals surface area contributed by atoms with Crippen molar-refractivity contribution in [2.45, 2.75) is 19.8 Å². The van der Waals surface area contributed by atoms with Crippen molar-refractivity contribution in [1.29, 1.82) is 0 Å². The number of allylic oxidation sites excluding steroid dienone is 2. The monoisotopic (exact) mass is 355 g/mol. The van der Waals surface area contributed by atoms with Crippen molar-refractivity contribution >= 4 is 28.5 Å². The molecule has 96 valence electrons. The van der Waals surface area contributed by atoms with Gasteiger partial charge in [-0.05, 0) is 54.5 Å². The second-order valence-electron chi connectivity index (χ2n) is 4.10. The molecular weight excluding hydrogens is 337 g/mol. The van der Waals surface area contributed by atoms with Crippen molar-refractivity contribution in [3.63, 3.8) is 0 Å². The van der Waals surface area contributed by atoms with Gasteiger partial charge in [-0.3, -0.25) is 4.79 Å². The number of benzene rings is 1. The molecule has 0 unspecified atom stereocenters. The molecule has 0 saturated carbocycles. The maximum atomic E-state index is 12.4.